The van der Waals surface area contributed by atoms with Crippen molar-refractivity contribution >= 4 is 89.6 Å². The molecule has 0 unspecified atom stereocenters. The molecule has 9 heterocycles. The summed E-state index contributed by atoms with van der Waals surface area (Å²) >= 11 is 0. The van der Waals surface area contributed by atoms with Crippen LogP contribution in [0.3, 0.4) is 0 Å². The van der Waals surface area contributed by atoms with Crippen LogP contribution in [0, 0.1) is 0 Å². The summed E-state index contributed by atoms with van der Waals surface area (Å²) in [5.74, 6) is 3.85. The lowest BCUT2D eigenvalue weighted by Gasteiger charge is -2.32. The van der Waals surface area contributed by atoms with Gasteiger partial charge in [0.25, 0.3) is 0 Å². The van der Waals surface area contributed by atoms with Crippen molar-refractivity contribution in [2.75, 3.05) is 21.3 Å². The maximum Gasteiger partial charge on any atom is 0.164 e. The molecule has 21 aromatic rings. The minimum atomic E-state index is 0. The summed E-state index contributed by atoms with van der Waals surface area (Å²) in [5.41, 5.74) is 44.1. The smallest absolute Gasteiger partial charge is 0.164 e. The Bertz CT molecular complexity index is 7960. The predicted octanol–water partition coefficient (Wildman–Crippen LogP) is 28.0. The Hall–Kier alpha value is -16.8. The highest BCUT2D eigenvalue weighted by molar-refractivity contribution is 6.05. The van der Waals surface area contributed by atoms with Crippen LogP contribution in [0.15, 0.2) is 388 Å². The van der Waals surface area contributed by atoms with Crippen LogP contribution in [-0.4, -0.2) is 48.2 Å². The third kappa shape index (κ3) is 13.9. The van der Waals surface area contributed by atoms with Crippen molar-refractivity contribution in [1.29, 1.82) is 0 Å². The fourth-order valence-corrected chi connectivity index (χ4v) is 19.6. The molecule has 130 heavy (non-hydrogen) atoms. The van der Waals surface area contributed by atoms with Crippen LogP contribution in [0.2, 0.25) is 0 Å². The molecular weight excluding hydrogens is 1590 g/mol. The van der Waals surface area contributed by atoms with Gasteiger partial charge in [-0.25, -0.2) is 29.9 Å². The van der Waals surface area contributed by atoms with Crippen molar-refractivity contribution in [3.8, 4) is 91.1 Å². The van der Waals surface area contributed by atoms with Crippen molar-refractivity contribution in [3.05, 3.63) is 455 Å². The minimum Gasteiger partial charge on any atom is -0.354 e. The van der Waals surface area contributed by atoms with E-state index in [0.29, 0.717) is 34.9 Å². The molecule has 0 fully saturated rings. The first kappa shape index (κ1) is 77.9. The van der Waals surface area contributed by atoms with E-state index < -0.39 is 0 Å². The van der Waals surface area contributed by atoms with Gasteiger partial charge in [0.15, 0.2) is 34.9 Å². The van der Waals surface area contributed by atoms with Crippen LogP contribution < -0.4 is 21.3 Å². The highest BCUT2D eigenvalue weighted by Gasteiger charge is 2.31. The van der Waals surface area contributed by atoms with E-state index in [2.05, 4.69) is 325 Å². The molecule has 14 nitrogen and oxygen atoms in total. The van der Waals surface area contributed by atoms with E-state index in [1.54, 1.807) is 0 Å². The number of fused-ring (bicyclic) bond motifs is 6. The molecular formula is C116H88N14. The second kappa shape index (κ2) is 32.3. The molecule has 4 aromatic heterocycles. The zero-order chi connectivity index (χ0) is 84.3. The number of nitrogens with zero attached hydrogens (tertiary/aromatic N) is 10. The van der Waals surface area contributed by atoms with Crippen LogP contribution in [0.4, 0.5) is 45.5 Å². The Morgan fingerprint density at radius 2 is 0.569 bits per heavy atom. The molecule has 5 aliphatic rings. The second-order valence-electron chi connectivity index (χ2n) is 33.8. The fourth-order valence-electron chi connectivity index (χ4n) is 19.6. The molecule has 0 saturated carbocycles. The SMILES string of the molecule is C.C.c1ccc(-c2nc(-c3ccccc3)nc(-c3ccc(-n4c5cc6c7cc5n5c8c(cccc84)Cc4ccc(cc4-5)Cc4ccc5c(c4)-n7c4c(cccc4n6-c4ccccc4)C5)cc3)n2)cc1.c1ccc(Nc2cccc3c2Nc2cc(Cc4ccc5c(c4)Nc4c(cccc4Nc4ccc(-c6nc(-c7ccccc7)nc(-c7ccccc7)n6)cc4)C5)ccc2C3)cc1. The molecule has 0 amide bonds. The molecule has 14 heteroatoms. The molecule has 0 saturated heterocycles. The summed E-state index contributed by atoms with van der Waals surface area (Å²) in [6, 6.07) is 138. The van der Waals surface area contributed by atoms with E-state index in [9.17, 15) is 0 Å². The molecule has 0 radical (unpaired) electrons. The highest BCUT2D eigenvalue weighted by Crippen LogP contribution is 2.47. The summed E-state index contributed by atoms with van der Waals surface area (Å²) in [7, 11) is 0. The average molecular weight is 1680 g/mol. The quantitative estimate of drug-likeness (QED) is 0.0777. The molecule has 17 aromatic carbocycles. The van der Waals surface area contributed by atoms with E-state index >= 15 is 0 Å². The molecule has 0 aliphatic carbocycles. The zero-order valence-electron chi connectivity index (χ0n) is 69.7. The minimum absolute atomic E-state index is 0. The topological polar surface area (TPSA) is 145 Å². The molecule has 4 N–H and O–H groups in total. The van der Waals surface area contributed by atoms with Gasteiger partial charge in [-0.1, -0.05) is 270 Å². The van der Waals surface area contributed by atoms with Gasteiger partial charge in [0.2, 0.25) is 0 Å². The van der Waals surface area contributed by atoms with Crippen LogP contribution in [0.5, 0.6) is 0 Å². The number of para-hydroxylation sites is 6. The van der Waals surface area contributed by atoms with E-state index in [0.717, 1.165) is 145 Å². The molecule has 0 atom stereocenters. The van der Waals surface area contributed by atoms with Crippen LogP contribution >= 0.6 is 0 Å². The van der Waals surface area contributed by atoms with E-state index in [1.807, 2.05) is 103 Å². The summed E-state index contributed by atoms with van der Waals surface area (Å²) in [4.78, 5) is 29.8. The number of rotatable bonds is 14. The van der Waals surface area contributed by atoms with Gasteiger partial charge in [-0.2, -0.15) is 0 Å². The van der Waals surface area contributed by atoms with E-state index in [-0.39, 0.29) is 14.9 Å². The lowest BCUT2D eigenvalue weighted by molar-refractivity contribution is 0.980. The Morgan fingerprint density at radius 1 is 0.238 bits per heavy atom. The predicted molar refractivity (Wildman–Crippen MR) is 533 cm³/mol. The Kier molecular flexibility index (Phi) is 19.4. The molecule has 0 spiro atoms. The van der Waals surface area contributed by atoms with Crippen molar-refractivity contribution < 1.29 is 0 Å². The maximum atomic E-state index is 5.08. The number of nitrogens with one attached hydrogen (secondary N) is 4. The standard InChI is InChI=1S/C60H39N7.C54H41N7.2CH4/c1-4-12-39(13-5-1)58-61-59(40-14-6-2-7-15-40)63-60(62-58)41-26-28-47(29-27-41)65-49-21-11-17-45-34-43-25-23-38-30-37-22-24-42-33-44-16-10-20-48-56(44)66(50(42)31-37)54-36-55(67(57(45)49)51(43)32-38)53(65)35-52(54)64(48)46-18-8-3-9-19-46;1-4-12-37(13-5-1)52-59-53(38-14-6-2-7-15-38)61-54(60-52)39-26-28-45(29-27-39)56-47-21-11-17-43-34-41-25-23-36(32-49(41)58-51(43)47)30-35-22-24-40-33-42-16-10-20-46(50(42)57-48(40)31-35)55-44-18-8-3-9-19-44;;/h1-29,31-32,35-36H,30,33-34H2;1-29,31-32,55-58H,30,33-34H2;2*1H4. The first-order chi connectivity index (χ1) is 63.3. The first-order valence-corrected chi connectivity index (χ1v) is 43.8. The lowest BCUT2D eigenvalue weighted by Crippen LogP contribution is -2.18. The zero-order valence-corrected chi connectivity index (χ0v) is 69.7. The van der Waals surface area contributed by atoms with Crippen LogP contribution in [-0.2, 0) is 38.5 Å². The number of hydrogen-bond acceptors (Lipinski definition) is 10. The van der Waals surface area contributed by atoms with Crippen molar-refractivity contribution in [2.45, 2.75) is 53.4 Å². The van der Waals surface area contributed by atoms with Gasteiger partial charge < -0.3 is 39.5 Å². The van der Waals surface area contributed by atoms with E-state index in [1.165, 1.54) is 106 Å². The number of benzene rings is 17. The molecule has 6 bridgehead atoms. The van der Waals surface area contributed by atoms with Gasteiger partial charge in [0, 0.05) is 93.2 Å². The molecule has 26 rings (SSSR count). The Labute approximate surface area is 753 Å². The van der Waals surface area contributed by atoms with E-state index in [4.69, 9.17) is 29.9 Å². The summed E-state index contributed by atoms with van der Waals surface area (Å²) in [5, 5.41) is 14.9. The molecule has 5 aliphatic heterocycles. The largest absolute Gasteiger partial charge is 0.354 e. The van der Waals surface area contributed by atoms with Gasteiger partial charge in [-0.05, 0) is 213 Å². The normalized spacial score (nSPS) is 12.3. The van der Waals surface area contributed by atoms with Crippen molar-refractivity contribution in [2.24, 2.45) is 0 Å². The summed E-state index contributed by atoms with van der Waals surface area (Å²) in [6.07, 6.45) is 5.19. The highest BCUT2D eigenvalue weighted by atomic mass is 15.1. The molecule has 622 valence electrons. The monoisotopic (exact) mass is 1680 g/mol. The number of hydrogen-bond donors (Lipinski definition) is 4. The van der Waals surface area contributed by atoms with Crippen LogP contribution in [0.25, 0.3) is 135 Å². The Balaban J connectivity index is 0.000000147. The van der Waals surface area contributed by atoms with Gasteiger partial charge in [-0.3, -0.25) is 0 Å². The van der Waals surface area contributed by atoms with Crippen LogP contribution in [0.1, 0.15) is 81.6 Å². The van der Waals surface area contributed by atoms with Crippen molar-refractivity contribution in [3.63, 3.8) is 0 Å². The average Bonchev–Trinajstić information content (AvgIpc) is 0.687. The maximum absolute atomic E-state index is 5.08. The van der Waals surface area contributed by atoms with Gasteiger partial charge in [-0.15, -0.1) is 0 Å². The van der Waals surface area contributed by atoms with Gasteiger partial charge >= 0.3 is 0 Å². The van der Waals surface area contributed by atoms with Crippen molar-refractivity contribution in [1.82, 2.24) is 48.2 Å². The fraction of sp³-hybridized carbons (Fsp3) is 0.0690. The van der Waals surface area contributed by atoms with Gasteiger partial charge in [0.1, 0.15) is 0 Å². The first-order valence-electron chi connectivity index (χ1n) is 43.8. The number of anilines is 8. The lowest BCUT2D eigenvalue weighted by atomic mass is 9.91. The number of aromatic nitrogens is 10. The summed E-state index contributed by atoms with van der Waals surface area (Å²) < 4.78 is 10.1. The Morgan fingerprint density at radius 3 is 0.985 bits per heavy atom. The van der Waals surface area contributed by atoms with Gasteiger partial charge in [0.05, 0.1) is 78.3 Å². The summed E-state index contributed by atoms with van der Waals surface area (Å²) in [6.45, 7) is 0. The second-order valence-corrected chi connectivity index (χ2v) is 33.8. The third-order valence-corrected chi connectivity index (χ3v) is 25.7. The third-order valence-electron chi connectivity index (χ3n) is 25.7.